The predicted molar refractivity (Wildman–Crippen MR) is 95.3 cm³/mol. The molecule has 0 fully saturated rings. The summed E-state index contributed by atoms with van der Waals surface area (Å²) in [5.74, 6) is -0.563. The summed E-state index contributed by atoms with van der Waals surface area (Å²) in [4.78, 5) is 24.1. The Morgan fingerprint density at radius 3 is 2.76 bits per heavy atom. The van der Waals surface area contributed by atoms with Crippen molar-refractivity contribution in [3.63, 3.8) is 0 Å². The molecule has 3 rings (SSSR count). The summed E-state index contributed by atoms with van der Waals surface area (Å²) in [5, 5.41) is 16.8. The summed E-state index contributed by atoms with van der Waals surface area (Å²) in [7, 11) is 0. The summed E-state index contributed by atoms with van der Waals surface area (Å²) in [6.45, 7) is 1.63. The Bertz CT molecular complexity index is 1010. The number of hydrogen-bond acceptors (Lipinski definition) is 4. The summed E-state index contributed by atoms with van der Waals surface area (Å²) in [6, 6.07) is 6.63. The Balaban J connectivity index is 1.92. The number of carbonyl (C=O) groups excluding carboxylic acids is 1. The normalized spacial score (nSPS) is 12.3. The van der Waals surface area contributed by atoms with E-state index in [-0.39, 0.29) is 12.1 Å². The van der Waals surface area contributed by atoms with Crippen LogP contribution in [0.25, 0.3) is 5.52 Å². The number of halogens is 2. The van der Waals surface area contributed by atoms with Gasteiger partial charge in [-0.15, -0.1) is 0 Å². The van der Waals surface area contributed by atoms with Gasteiger partial charge >= 0.3 is 0 Å². The molecule has 0 aliphatic rings. The highest BCUT2D eigenvalue weighted by Crippen LogP contribution is 2.22. The first-order chi connectivity index (χ1) is 11.8. The Morgan fingerprint density at radius 1 is 1.32 bits per heavy atom. The van der Waals surface area contributed by atoms with Crippen LogP contribution in [0.5, 0.6) is 0 Å². The standard InChI is InChI=1S/C16H14Cl2N4O3/c1-9(23)15(24)20-11-5-14-16(25)21(8-19-22(14)7-11)6-10-2-3-12(17)13(18)4-10/h2-5,7-9,23H,6H2,1H3,(H,20,24)/t9-/m1/s1. The zero-order chi connectivity index (χ0) is 18.1. The average molecular weight is 381 g/mol. The lowest BCUT2D eigenvalue weighted by atomic mass is 10.2. The first-order valence-electron chi connectivity index (χ1n) is 7.36. The van der Waals surface area contributed by atoms with Crippen molar-refractivity contribution < 1.29 is 9.90 Å². The molecule has 1 aromatic carbocycles. The van der Waals surface area contributed by atoms with Crippen molar-refractivity contribution in [2.75, 3.05) is 5.32 Å². The molecule has 2 N–H and O–H groups in total. The average Bonchev–Trinajstić information content (AvgIpc) is 2.97. The number of aliphatic hydroxyl groups excluding tert-OH is 1. The maximum atomic E-state index is 12.6. The largest absolute Gasteiger partial charge is 0.384 e. The fourth-order valence-corrected chi connectivity index (χ4v) is 2.61. The van der Waals surface area contributed by atoms with E-state index in [1.54, 1.807) is 18.2 Å². The van der Waals surface area contributed by atoms with Gasteiger partial charge in [0.25, 0.3) is 11.5 Å². The van der Waals surface area contributed by atoms with E-state index in [4.69, 9.17) is 23.2 Å². The van der Waals surface area contributed by atoms with Crippen LogP contribution in [0.4, 0.5) is 5.69 Å². The maximum absolute atomic E-state index is 12.6. The molecule has 130 valence electrons. The molecule has 2 aromatic heterocycles. The van der Waals surface area contributed by atoms with Gasteiger partial charge in [-0.05, 0) is 30.7 Å². The van der Waals surface area contributed by atoms with Crippen LogP contribution >= 0.6 is 23.2 Å². The van der Waals surface area contributed by atoms with E-state index in [2.05, 4.69) is 10.4 Å². The van der Waals surface area contributed by atoms with E-state index in [0.717, 1.165) is 5.56 Å². The summed E-state index contributed by atoms with van der Waals surface area (Å²) < 4.78 is 2.79. The van der Waals surface area contributed by atoms with E-state index in [9.17, 15) is 14.7 Å². The first kappa shape index (κ1) is 17.5. The van der Waals surface area contributed by atoms with E-state index >= 15 is 0 Å². The van der Waals surface area contributed by atoms with Crippen LogP contribution in [0, 0.1) is 0 Å². The molecule has 0 aliphatic carbocycles. The van der Waals surface area contributed by atoms with Crippen LogP contribution in [0.2, 0.25) is 10.0 Å². The Labute approximate surface area is 152 Å². The third kappa shape index (κ3) is 3.68. The lowest BCUT2D eigenvalue weighted by Gasteiger charge is -2.06. The van der Waals surface area contributed by atoms with Crippen molar-refractivity contribution in [2.45, 2.75) is 19.6 Å². The van der Waals surface area contributed by atoms with Crippen LogP contribution in [-0.2, 0) is 11.3 Å². The Hall–Kier alpha value is -2.35. The number of benzene rings is 1. The van der Waals surface area contributed by atoms with Gasteiger partial charge in [0.15, 0.2) is 0 Å². The smallest absolute Gasteiger partial charge is 0.278 e. The van der Waals surface area contributed by atoms with Gasteiger partial charge in [0.05, 0.1) is 28.5 Å². The molecule has 0 unspecified atom stereocenters. The molecule has 3 aromatic rings. The molecule has 2 heterocycles. The molecule has 0 aliphatic heterocycles. The fourth-order valence-electron chi connectivity index (χ4n) is 2.29. The predicted octanol–water partition coefficient (Wildman–Crippen LogP) is 2.17. The van der Waals surface area contributed by atoms with Crippen molar-refractivity contribution in [1.29, 1.82) is 0 Å². The van der Waals surface area contributed by atoms with Gasteiger partial charge in [-0.3, -0.25) is 14.2 Å². The zero-order valence-electron chi connectivity index (χ0n) is 13.1. The third-order valence-electron chi connectivity index (χ3n) is 3.58. The van der Waals surface area contributed by atoms with Gasteiger partial charge < -0.3 is 10.4 Å². The molecule has 1 amide bonds. The minimum Gasteiger partial charge on any atom is -0.384 e. The molecular weight excluding hydrogens is 367 g/mol. The van der Waals surface area contributed by atoms with Crippen LogP contribution in [0.15, 0.2) is 41.6 Å². The maximum Gasteiger partial charge on any atom is 0.278 e. The minimum atomic E-state index is -1.15. The third-order valence-corrected chi connectivity index (χ3v) is 4.32. The second-order valence-electron chi connectivity index (χ2n) is 5.54. The lowest BCUT2D eigenvalue weighted by Crippen LogP contribution is -2.24. The molecule has 1 atom stereocenters. The number of rotatable bonds is 4. The van der Waals surface area contributed by atoms with Gasteiger partial charge in [-0.2, -0.15) is 5.10 Å². The molecule has 25 heavy (non-hydrogen) atoms. The minimum absolute atomic E-state index is 0.278. The van der Waals surface area contributed by atoms with Gasteiger partial charge in [0.2, 0.25) is 0 Å². The molecule has 0 spiro atoms. The molecule has 9 heteroatoms. The SMILES string of the molecule is C[C@@H](O)C(=O)Nc1cc2c(=O)n(Cc3ccc(Cl)c(Cl)c3)cnn2c1. The number of nitrogens with zero attached hydrogens (tertiary/aromatic N) is 3. The van der Waals surface area contributed by atoms with Crippen LogP contribution in [0.1, 0.15) is 12.5 Å². The van der Waals surface area contributed by atoms with Crippen molar-refractivity contribution in [3.8, 4) is 0 Å². The monoisotopic (exact) mass is 380 g/mol. The number of anilines is 1. The number of aliphatic hydroxyl groups is 1. The summed E-state index contributed by atoms with van der Waals surface area (Å²) >= 11 is 11.9. The topological polar surface area (TPSA) is 88.6 Å². The summed E-state index contributed by atoms with van der Waals surface area (Å²) in [5.41, 5.74) is 1.20. The number of fused-ring (bicyclic) bond motifs is 1. The highest BCUT2D eigenvalue weighted by Gasteiger charge is 2.12. The van der Waals surface area contributed by atoms with Crippen molar-refractivity contribution in [3.05, 3.63) is 62.8 Å². The molecule has 0 bridgehead atoms. The van der Waals surface area contributed by atoms with Crippen LogP contribution < -0.4 is 10.9 Å². The van der Waals surface area contributed by atoms with E-state index in [1.165, 1.54) is 34.6 Å². The lowest BCUT2D eigenvalue weighted by molar-refractivity contribution is -0.123. The van der Waals surface area contributed by atoms with Crippen molar-refractivity contribution in [2.24, 2.45) is 0 Å². The Kier molecular flexibility index (Phi) is 4.80. The van der Waals surface area contributed by atoms with E-state index in [1.807, 2.05) is 0 Å². The van der Waals surface area contributed by atoms with Crippen molar-refractivity contribution in [1.82, 2.24) is 14.2 Å². The molecule has 7 nitrogen and oxygen atoms in total. The van der Waals surface area contributed by atoms with Gasteiger partial charge in [-0.25, -0.2) is 4.52 Å². The van der Waals surface area contributed by atoms with Crippen LogP contribution in [0.3, 0.4) is 0 Å². The first-order valence-corrected chi connectivity index (χ1v) is 8.11. The van der Waals surface area contributed by atoms with E-state index < -0.39 is 12.0 Å². The van der Waals surface area contributed by atoms with Gasteiger partial charge in [0, 0.05) is 0 Å². The summed E-state index contributed by atoms with van der Waals surface area (Å²) in [6.07, 6.45) is 1.75. The zero-order valence-corrected chi connectivity index (χ0v) is 14.6. The fraction of sp³-hybridized carbons (Fsp3) is 0.188. The van der Waals surface area contributed by atoms with Crippen LogP contribution in [-0.4, -0.2) is 31.3 Å². The quantitative estimate of drug-likeness (QED) is 0.725. The van der Waals surface area contributed by atoms with Gasteiger partial charge in [0.1, 0.15) is 17.9 Å². The number of amides is 1. The second kappa shape index (κ2) is 6.87. The van der Waals surface area contributed by atoms with Gasteiger partial charge in [-0.1, -0.05) is 29.3 Å². The van der Waals surface area contributed by atoms with E-state index in [0.29, 0.717) is 21.2 Å². The highest BCUT2D eigenvalue weighted by atomic mass is 35.5. The second-order valence-corrected chi connectivity index (χ2v) is 6.35. The number of aromatic nitrogens is 3. The Morgan fingerprint density at radius 2 is 2.08 bits per heavy atom. The number of hydrogen-bond donors (Lipinski definition) is 2. The molecule has 0 radical (unpaired) electrons. The highest BCUT2D eigenvalue weighted by molar-refractivity contribution is 6.42. The number of nitrogens with one attached hydrogen (secondary N) is 1. The molecule has 0 saturated heterocycles. The van der Waals surface area contributed by atoms with Crippen molar-refractivity contribution >= 4 is 40.3 Å². The molecular formula is C16H14Cl2N4O3. The number of carbonyl (C=O) groups is 1. The molecule has 0 saturated carbocycles.